The van der Waals surface area contributed by atoms with Crippen LogP contribution in [-0.4, -0.2) is 29.4 Å². The highest BCUT2D eigenvalue weighted by atomic mass is 35.5. The van der Waals surface area contributed by atoms with Crippen LogP contribution in [0.2, 0.25) is 5.02 Å². The maximum atomic E-state index is 12.4. The molecule has 0 bridgehead atoms. The fraction of sp³-hybridized carbons (Fsp3) is 0.312. The molecule has 5 nitrogen and oxygen atoms in total. The predicted molar refractivity (Wildman–Crippen MR) is 90.8 cm³/mol. The van der Waals surface area contributed by atoms with Crippen LogP contribution in [0.4, 0.5) is 5.69 Å². The van der Waals surface area contributed by atoms with E-state index in [1.54, 1.807) is 22.5 Å². The van der Waals surface area contributed by atoms with Gasteiger partial charge in [-0.05, 0) is 31.0 Å². The Labute approximate surface area is 143 Å². The highest BCUT2D eigenvalue weighted by molar-refractivity contribution is 7.07. The van der Waals surface area contributed by atoms with E-state index < -0.39 is 6.04 Å². The minimum atomic E-state index is -0.461. The lowest BCUT2D eigenvalue weighted by Crippen LogP contribution is -2.41. The molecule has 0 aliphatic carbocycles. The first-order valence-corrected chi connectivity index (χ1v) is 8.69. The minimum absolute atomic E-state index is 0.0886. The van der Waals surface area contributed by atoms with Crippen LogP contribution < -0.4 is 10.2 Å². The smallest absolute Gasteiger partial charge is 0.249 e. The van der Waals surface area contributed by atoms with Crippen LogP contribution in [0.25, 0.3) is 0 Å². The van der Waals surface area contributed by atoms with Crippen molar-refractivity contribution in [1.82, 2.24) is 10.3 Å². The van der Waals surface area contributed by atoms with Gasteiger partial charge in [-0.25, -0.2) is 4.98 Å². The first-order chi connectivity index (χ1) is 11.1. The van der Waals surface area contributed by atoms with E-state index in [2.05, 4.69) is 10.3 Å². The fourth-order valence-electron chi connectivity index (χ4n) is 2.58. The Kier molecular flexibility index (Phi) is 4.93. The summed E-state index contributed by atoms with van der Waals surface area (Å²) in [6, 6.07) is 6.72. The van der Waals surface area contributed by atoms with Gasteiger partial charge in [0.05, 0.1) is 11.2 Å². The predicted octanol–water partition coefficient (Wildman–Crippen LogP) is 2.65. The molecule has 7 heteroatoms. The second-order valence-corrected chi connectivity index (χ2v) is 6.51. The molecule has 1 aliphatic heterocycles. The number of aromatic nitrogens is 1. The Morgan fingerprint density at radius 1 is 1.48 bits per heavy atom. The Balaban J connectivity index is 1.55. The molecule has 3 rings (SSSR count). The lowest BCUT2D eigenvalue weighted by atomic mass is 10.2. The number of nitrogens with zero attached hydrogens (tertiary/aromatic N) is 2. The topological polar surface area (TPSA) is 62.3 Å². The fourth-order valence-corrected chi connectivity index (χ4v) is 3.36. The van der Waals surface area contributed by atoms with E-state index in [1.807, 2.05) is 17.5 Å². The van der Waals surface area contributed by atoms with Gasteiger partial charge in [-0.1, -0.05) is 17.7 Å². The average Bonchev–Trinajstić information content (AvgIpc) is 3.16. The molecule has 0 radical (unpaired) electrons. The number of hydrogen-bond donors (Lipinski definition) is 1. The van der Waals surface area contributed by atoms with Crippen LogP contribution in [0.1, 0.15) is 18.5 Å². The lowest BCUT2D eigenvalue weighted by Gasteiger charge is -2.17. The molecule has 2 aromatic rings. The third-order valence-electron chi connectivity index (χ3n) is 3.75. The van der Waals surface area contributed by atoms with Gasteiger partial charge < -0.3 is 10.2 Å². The second kappa shape index (κ2) is 7.10. The molecule has 1 saturated heterocycles. The average molecular weight is 350 g/mol. The standard InChI is InChI=1S/C16H16ClN3O2S/c17-11-2-1-3-13(8-11)20-7-6-14(16(20)22)19-15(21)5-4-12-9-23-10-18-12/h1-3,8-10,14H,4-7H2,(H,19,21). The highest BCUT2D eigenvalue weighted by Crippen LogP contribution is 2.24. The Bertz CT molecular complexity index is 705. The van der Waals surface area contributed by atoms with Gasteiger partial charge in [0.2, 0.25) is 11.8 Å². The van der Waals surface area contributed by atoms with Crippen molar-refractivity contribution in [3.8, 4) is 0 Å². The number of aryl methyl sites for hydroxylation is 1. The Morgan fingerprint density at radius 2 is 2.35 bits per heavy atom. The van der Waals surface area contributed by atoms with Crippen LogP contribution in [0.3, 0.4) is 0 Å². The number of carbonyl (C=O) groups excluding carboxylic acids is 2. The van der Waals surface area contributed by atoms with E-state index in [4.69, 9.17) is 11.6 Å². The van der Waals surface area contributed by atoms with E-state index in [0.29, 0.717) is 30.8 Å². The van der Waals surface area contributed by atoms with Crippen molar-refractivity contribution in [2.45, 2.75) is 25.3 Å². The largest absolute Gasteiger partial charge is 0.344 e. The summed E-state index contributed by atoms with van der Waals surface area (Å²) in [4.78, 5) is 30.3. The highest BCUT2D eigenvalue weighted by Gasteiger charge is 2.33. The SMILES string of the molecule is O=C(CCc1cscn1)NC1CCN(c2cccc(Cl)c2)C1=O. The maximum Gasteiger partial charge on any atom is 0.249 e. The van der Waals surface area contributed by atoms with Crippen LogP contribution in [0.5, 0.6) is 0 Å². The summed E-state index contributed by atoms with van der Waals surface area (Å²) in [5, 5.41) is 5.33. The van der Waals surface area contributed by atoms with Crippen molar-refractivity contribution >= 4 is 40.4 Å². The number of hydrogen-bond acceptors (Lipinski definition) is 4. The number of anilines is 1. The molecule has 1 aromatic carbocycles. The zero-order chi connectivity index (χ0) is 16.2. The van der Waals surface area contributed by atoms with Gasteiger partial charge in [-0.2, -0.15) is 0 Å². The molecule has 120 valence electrons. The van der Waals surface area contributed by atoms with Crippen LogP contribution in [0, 0.1) is 0 Å². The monoisotopic (exact) mass is 349 g/mol. The maximum absolute atomic E-state index is 12.4. The van der Waals surface area contributed by atoms with Crippen molar-refractivity contribution in [2.24, 2.45) is 0 Å². The number of nitrogens with one attached hydrogen (secondary N) is 1. The molecule has 1 unspecified atom stereocenters. The van der Waals surface area contributed by atoms with Gasteiger partial charge in [-0.3, -0.25) is 9.59 Å². The van der Waals surface area contributed by atoms with Gasteiger partial charge in [0.15, 0.2) is 0 Å². The van der Waals surface area contributed by atoms with E-state index in [-0.39, 0.29) is 11.8 Å². The molecule has 1 aromatic heterocycles. The van der Waals surface area contributed by atoms with Crippen LogP contribution in [0.15, 0.2) is 35.2 Å². The van der Waals surface area contributed by atoms with Crippen molar-refractivity contribution in [3.63, 3.8) is 0 Å². The number of benzene rings is 1. The van der Waals surface area contributed by atoms with Crippen molar-refractivity contribution in [1.29, 1.82) is 0 Å². The summed E-state index contributed by atoms with van der Waals surface area (Å²) in [6.07, 6.45) is 1.53. The van der Waals surface area contributed by atoms with E-state index in [9.17, 15) is 9.59 Å². The molecular weight excluding hydrogens is 334 g/mol. The molecule has 2 amide bonds. The zero-order valence-electron chi connectivity index (χ0n) is 12.4. The number of rotatable bonds is 5. The normalized spacial score (nSPS) is 17.5. The summed E-state index contributed by atoms with van der Waals surface area (Å²) in [6.45, 7) is 0.580. The van der Waals surface area contributed by atoms with Gasteiger partial charge >= 0.3 is 0 Å². The third-order valence-corrected chi connectivity index (χ3v) is 4.62. The summed E-state index contributed by atoms with van der Waals surface area (Å²) in [5.74, 6) is -0.210. The number of carbonyl (C=O) groups is 2. The molecule has 1 N–H and O–H groups in total. The van der Waals surface area contributed by atoms with Gasteiger partial charge in [0, 0.05) is 29.1 Å². The molecule has 1 aliphatic rings. The molecule has 23 heavy (non-hydrogen) atoms. The number of halogens is 1. The van der Waals surface area contributed by atoms with Gasteiger partial charge in [0.25, 0.3) is 0 Å². The van der Waals surface area contributed by atoms with E-state index in [1.165, 1.54) is 11.3 Å². The van der Waals surface area contributed by atoms with Crippen LogP contribution >= 0.6 is 22.9 Å². The first kappa shape index (κ1) is 16.0. The number of thiazole rings is 1. The molecule has 1 fully saturated rings. The van der Waals surface area contributed by atoms with Gasteiger partial charge in [0.1, 0.15) is 6.04 Å². The van der Waals surface area contributed by atoms with E-state index in [0.717, 1.165) is 11.4 Å². The molecule has 0 spiro atoms. The molecule has 0 saturated carbocycles. The van der Waals surface area contributed by atoms with Gasteiger partial charge in [-0.15, -0.1) is 11.3 Å². The number of amides is 2. The zero-order valence-corrected chi connectivity index (χ0v) is 13.9. The summed E-state index contributed by atoms with van der Waals surface area (Å²) < 4.78 is 0. The summed E-state index contributed by atoms with van der Waals surface area (Å²) >= 11 is 7.48. The van der Waals surface area contributed by atoms with E-state index >= 15 is 0 Å². The minimum Gasteiger partial charge on any atom is -0.344 e. The Morgan fingerprint density at radius 3 is 3.09 bits per heavy atom. The summed E-state index contributed by atoms with van der Waals surface area (Å²) in [5.41, 5.74) is 3.42. The molecular formula is C16H16ClN3O2S. The first-order valence-electron chi connectivity index (χ1n) is 7.37. The quantitative estimate of drug-likeness (QED) is 0.902. The lowest BCUT2D eigenvalue weighted by molar-refractivity contribution is -0.126. The van der Waals surface area contributed by atoms with Crippen molar-refractivity contribution < 1.29 is 9.59 Å². The van der Waals surface area contributed by atoms with Crippen molar-refractivity contribution in [3.05, 3.63) is 45.9 Å². The molecule has 2 heterocycles. The van der Waals surface area contributed by atoms with Crippen molar-refractivity contribution in [2.75, 3.05) is 11.4 Å². The summed E-state index contributed by atoms with van der Waals surface area (Å²) in [7, 11) is 0. The van der Waals surface area contributed by atoms with Crippen LogP contribution in [-0.2, 0) is 16.0 Å². The second-order valence-electron chi connectivity index (χ2n) is 5.36. The Hall–Kier alpha value is -1.92. The molecule has 1 atom stereocenters. The third kappa shape index (κ3) is 3.89.